The zero-order valence-corrected chi connectivity index (χ0v) is 32.1. The van der Waals surface area contributed by atoms with Gasteiger partial charge < -0.3 is 8.98 Å². The standard InChI is InChI=1S/C53H32N6O/c1-2-13-36(14-3-1)51-55-44(32-45(56-51)38-16-10-17-40(31-38)59-46-21-8-6-18-41(46)42-19-7-9-22-47(42)59)34-24-26-35(27-25-34)48-50-49(43-20-11-29-54-53(43)60-50)58-52(57-48)39-28-23-33-12-4-5-15-37(33)30-39/h1-32H. The number of furan rings is 1. The van der Waals surface area contributed by atoms with Crippen molar-refractivity contribution in [3.63, 3.8) is 0 Å². The minimum Gasteiger partial charge on any atom is -0.434 e. The van der Waals surface area contributed by atoms with Gasteiger partial charge in [0.1, 0.15) is 11.2 Å². The summed E-state index contributed by atoms with van der Waals surface area (Å²) >= 11 is 0. The van der Waals surface area contributed by atoms with Crippen molar-refractivity contribution in [2.24, 2.45) is 0 Å². The summed E-state index contributed by atoms with van der Waals surface area (Å²) in [6.45, 7) is 0. The maximum Gasteiger partial charge on any atom is 0.229 e. The normalized spacial score (nSPS) is 11.7. The van der Waals surface area contributed by atoms with Crippen LogP contribution < -0.4 is 0 Å². The van der Waals surface area contributed by atoms with Crippen molar-refractivity contribution in [2.45, 2.75) is 0 Å². The summed E-state index contributed by atoms with van der Waals surface area (Å²) in [5.74, 6) is 1.27. The Labute approximate surface area is 343 Å². The highest BCUT2D eigenvalue weighted by molar-refractivity contribution is 6.09. The molecule has 7 nitrogen and oxygen atoms in total. The molecule has 0 amide bonds. The molecule has 0 N–H and O–H groups in total. The van der Waals surface area contributed by atoms with Crippen molar-refractivity contribution in [1.29, 1.82) is 0 Å². The smallest absolute Gasteiger partial charge is 0.229 e. The minimum absolute atomic E-state index is 0.527. The molecule has 5 aromatic heterocycles. The second kappa shape index (κ2) is 13.7. The van der Waals surface area contributed by atoms with Crippen LogP contribution in [0.25, 0.3) is 117 Å². The highest BCUT2D eigenvalue weighted by Crippen LogP contribution is 2.38. The molecule has 280 valence electrons. The second-order valence-electron chi connectivity index (χ2n) is 14.9. The Balaban J connectivity index is 0.985. The maximum atomic E-state index is 6.37. The number of rotatable bonds is 6. The summed E-state index contributed by atoms with van der Waals surface area (Å²) in [7, 11) is 0. The molecule has 0 radical (unpaired) electrons. The van der Waals surface area contributed by atoms with Crippen LogP contribution in [0.5, 0.6) is 0 Å². The van der Waals surface area contributed by atoms with Crippen LogP contribution in [-0.4, -0.2) is 29.5 Å². The number of para-hydroxylation sites is 2. The van der Waals surface area contributed by atoms with Crippen LogP contribution in [-0.2, 0) is 0 Å². The Bertz CT molecular complexity index is 3560. The van der Waals surface area contributed by atoms with Gasteiger partial charge in [0.25, 0.3) is 0 Å². The highest BCUT2D eigenvalue weighted by atomic mass is 16.3. The number of fused-ring (bicyclic) bond motifs is 7. The number of pyridine rings is 1. The van der Waals surface area contributed by atoms with Crippen molar-refractivity contribution in [2.75, 3.05) is 0 Å². The molecule has 0 unspecified atom stereocenters. The van der Waals surface area contributed by atoms with Crippen LogP contribution in [0, 0.1) is 0 Å². The number of aromatic nitrogens is 6. The Morgan fingerprint density at radius 2 is 1.03 bits per heavy atom. The van der Waals surface area contributed by atoms with E-state index < -0.39 is 0 Å². The predicted molar refractivity (Wildman–Crippen MR) is 242 cm³/mol. The molecule has 0 spiro atoms. The fourth-order valence-corrected chi connectivity index (χ4v) is 8.40. The summed E-state index contributed by atoms with van der Waals surface area (Å²) < 4.78 is 8.70. The van der Waals surface area contributed by atoms with Gasteiger partial charge >= 0.3 is 0 Å². The molecule has 0 bridgehead atoms. The Hall–Kier alpha value is -8.29. The molecule has 12 aromatic rings. The molecule has 5 heterocycles. The fraction of sp³-hybridized carbons (Fsp3) is 0. The third-order valence-electron chi connectivity index (χ3n) is 11.3. The Kier molecular flexibility index (Phi) is 7.71. The molecule has 12 rings (SSSR count). The van der Waals surface area contributed by atoms with Crippen molar-refractivity contribution >= 4 is 54.8 Å². The summed E-state index contributed by atoms with van der Waals surface area (Å²) in [5, 5.41) is 5.58. The first kappa shape index (κ1) is 33.8. The molecule has 7 aromatic carbocycles. The first-order valence-corrected chi connectivity index (χ1v) is 19.9. The van der Waals surface area contributed by atoms with Gasteiger partial charge in [-0.25, -0.2) is 24.9 Å². The molecule has 0 atom stereocenters. The molecule has 0 saturated carbocycles. The predicted octanol–water partition coefficient (Wildman–Crippen LogP) is 13.1. The van der Waals surface area contributed by atoms with E-state index in [2.05, 4.69) is 155 Å². The molecule has 0 saturated heterocycles. The van der Waals surface area contributed by atoms with Gasteiger partial charge in [0, 0.05) is 50.5 Å². The monoisotopic (exact) mass is 768 g/mol. The number of nitrogens with zero attached hydrogens (tertiary/aromatic N) is 6. The quantitative estimate of drug-likeness (QED) is 0.167. The van der Waals surface area contributed by atoms with Gasteiger partial charge in [0.05, 0.1) is 27.8 Å². The zero-order valence-electron chi connectivity index (χ0n) is 32.1. The lowest BCUT2D eigenvalue weighted by molar-refractivity contribution is 0.652. The largest absolute Gasteiger partial charge is 0.434 e. The van der Waals surface area contributed by atoms with Crippen LogP contribution in [0.4, 0.5) is 0 Å². The molecule has 7 heteroatoms. The van der Waals surface area contributed by atoms with Gasteiger partial charge in [-0.3, -0.25) is 0 Å². The summed E-state index contributed by atoms with van der Waals surface area (Å²) in [5.41, 5.74) is 12.3. The van der Waals surface area contributed by atoms with Gasteiger partial charge in [-0.1, -0.05) is 140 Å². The van der Waals surface area contributed by atoms with Crippen molar-refractivity contribution in [3.05, 3.63) is 194 Å². The van der Waals surface area contributed by atoms with E-state index in [1.165, 1.54) is 10.8 Å². The lowest BCUT2D eigenvalue weighted by Crippen LogP contribution is -1.98. The lowest BCUT2D eigenvalue weighted by atomic mass is 10.0. The first-order chi connectivity index (χ1) is 29.7. The molecule has 0 aliphatic carbocycles. The zero-order chi connectivity index (χ0) is 39.6. The van der Waals surface area contributed by atoms with Crippen molar-refractivity contribution < 1.29 is 4.42 Å². The average Bonchev–Trinajstić information content (AvgIpc) is 3.87. The lowest BCUT2D eigenvalue weighted by Gasteiger charge is -2.12. The van der Waals surface area contributed by atoms with Crippen LogP contribution in [0.2, 0.25) is 0 Å². The Morgan fingerprint density at radius 3 is 1.83 bits per heavy atom. The number of benzene rings is 7. The maximum absolute atomic E-state index is 6.37. The molecule has 60 heavy (non-hydrogen) atoms. The molecule has 0 aliphatic heterocycles. The fourth-order valence-electron chi connectivity index (χ4n) is 8.40. The van der Waals surface area contributed by atoms with Gasteiger partial charge in [-0.15, -0.1) is 0 Å². The van der Waals surface area contributed by atoms with E-state index in [-0.39, 0.29) is 0 Å². The SMILES string of the molecule is c1ccc(-c2nc(-c3ccc(-c4nc(-c5ccc6ccccc6c5)nc5c4oc4ncccc45)cc3)cc(-c3cccc(-n4c5ccccc5c5ccccc54)c3)n2)cc1. The van der Waals surface area contributed by atoms with Crippen LogP contribution in [0.1, 0.15) is 0 Å². The van der Waals surface area contributed by atoms with Gasteiger partial charge in [0.2, 0.25) is 5.71 Å². The molecular weight excluding hydrogens is 737 g/mol. The highest BCUT2D eigenvalue weighted by Gasteiger charge is 2.20. The van der Waals surface area contributed by atoms with Crippen LogP contribution in [0.15, 0.2) is 199 Å². The third kappa shape index (κ3) is 5.63. The van der Waals surface area contributed by atoms with Crippen LogP contribution >= 0.6 is 0 Å². The molecule has 0 aliphatic rings. The third-order valence-corrected chi connectivity index (χ3v) is 11.3. The summed E-state index contributed by atoms with van der Waals surface area (Å²) in [4.78, 5) is 25.0. The van der Waals surface area contributed by atoms with Crippen molar-refractivity contribution in [1.82, 2.24) is 29.5 Å². The van der Waals surface area contributed by atoms with Gasteiger partial charge in [-0.2, -0.15) is 0 Å². The molecular formula is C53H32N6O. The van der Waals surface area contributed by atoms with E-state index in [4.69, 9.17) is 24.4 Å². The van der Waals surface area contributed by atoms with Crippen molar-refractivity contribution in [3.8, 4) is 62.2 Å². The van der Waals surface area contributed by atoms with E-state index in [1.807, 2.05) is 42.5 Å². The second-order valence-corrected chi connectivity index (χ2v) is 14.9. The van der Waals surface area contributed by atoms with Gasteiger partial charge in [0.15, 0.2) is 17.2 Å². The average molecular weight is 769 g/mol. The topological polar surface area (TPSA) is 82.5 Å². The van der Waals surface area contributed by atoms with Gasteiger partial charge in [-0.05, 0) is 59.3 Å². The first-order valence-electron chi connectivity index (χ1n) is 19.9. The van der Waals surface area contributed by atoms with E-state index >= 15 is 0 Å². The molecule has 0 fully saturated rings. The van der Waals surface area contributed by atoms with E-state index in [0.29, 0.717) is 28.6 Å². The minimum atomic E-state index is 0.527. The van der Waals surface area contributed by atoms with E-state index in [9.17, 15) is 0 Å². The Morgan fingerprint density at radius 1 is 0.400 bits per heavy atom. The van der Waals surface area contributed by atoms with E-state index in [1.54, 1.807) is 6.20 Å². The van der Waals surface area contributed by atoms with E-state index in [0.717, 1.165) is 77.6 Å². The van der Waals surface area contributed by atoms with Crippen LogP contribution in [0.3, 0.4) is 0 Å². The number of hydrogen-bond acceptors (Lipinski definition) is 6. The number of hydrogen-bond donors (Lipinski definition) is 0. The summed E-state index contributed by atoms with van der Waals surface area (Å²) in [6, 6.07) is 64.9. The summed E-state index contributed by atoms with van der Waals surface area (Å²) in [6.07, 6.45) is 1.73.